The van der Waals surface area contributed by atoms with Gasteiger partial charge in [0.05, 0.1) is 18.4 Å². The molecule has 1 N–H and O–H groups in total. The van der Waals surface area contributed by atoms with E-state index in [1.807, 2.05) is 6.92 Å². The fraction of sp³-hybridized carbons (Fsp3) is 0.917. The summed E-state index contributed by atoms with van der Waals surface area (Å²) in [7, 11) is 0. The third kappa shape index (κ3) is 4.41. The molecule has 162 valence electrons. The van der Waals surface area contributed by atoms with E-state index in [0.717, 1.165) is 32.1 Å². The summed E-state index contributed by atoms with van der Waals surface area (Å²) in [4.78, 5) is 24.6. The molecule has 6 atom stereocenters. The summed E-state index contributed by atoms with van der Waals surface area (Å²) in [6, 6.07) is 0. The molecule has 0 bridgehead atoms. The Morgan fingerprint density at radius 2 is 1.75 bits per heavy atom. The molecule has 2 fully saturated rings. The van der Waals surface area contributed by atoms with Gasteiger partial charge in [-0.25, -0.2) is 0 Å². The minimum Gasteiger partial charge on any atom is -0.481 e. The van der Waals surface area contributed by atoms with E-state index >= 15 is 0 Å². The predicted molar refractivity (Wildman–Crippen MR) is 112 cm³/mol. The topological polar surface area (TPSA) is 63.6 Å². The quantitative estimate of drug-likeness (QED) is 0.543. The molecule has 0 aromatic heterocycles. The second-order valence-electron chi connectivity index (χ2n) is 10.4. The number of carboxylic acid groups (broad SMARTS) is 1. The standard InChI is InChI=1S/C24H42O4/c1-7-8-14-24(6)18(13-12-17(3)23(24,4)5)15-28-22(27)19-11-9-10-16(2)20(19)21(25)26/h16-20H,7-15H2,1-6H3,(H,25,26). The molecule has 0 saturated heterocycles. The van der Waals surface area contributed by atoms with Crippen LogP contribution >= 0.6 is 0 Å². The van der Waals surface area contributed by atoms with Crippen LogP contribution in [0.15, 0.2) is 0 Å². The Kier molecular flexibility index (Phi) is 7.61. The van der Waals surface area contributed by atoms with E-state index in [9.17, 15) is 14.7 Å². The summed E-state index contributed by atoms with van der Waals surface area (Å²) in [6.45, 7) is 14.1. The summed E-state index contributed by atoms with van der Waals surface area (Å²) in [5.74, 6) is -1.19. The van der Waals surface area contributed by atoms with Gasteiger partial charge in [0.2, 0.25) is 0 Å². The maximum Gasteiger partial charge on any atom is 0.309 e. The maximum absolute atomic E-state index is 12.9. The highest BCUT2D eigenvalue weighted by Gasteiger charge is 2.52. The lowest BCUT2D eigenvalue weighted by atomic mass is 9.49. The van der Waals surface area contributed by atoms with Gasteiger partial charge in [-0.3, -0.25) is 9.59 Å². The first-order valence-electron chi connectivity index (χ1n) is 11.5. The Balaban J connectivity index is 2.10. The van der Waals surface area contributed by atoms with Crippen molar-refractivity contribution in [2.45, 2.75) is 92.9 Å². The van der Waals surface area contributed by atoms with Crippen molar-refractivity contribution < 1.29 is 19.4 Å². The summed E-state index contributed by atoms with van der Waals surface area (Å²) in [6.07, 6.45) is 8.20. The van der Waals surface area contributed by atoms with Crippen molar-refractivity contribution in [3.8, 4) is 0 Å². The molecule has 0 aromatic rings. The molecule has 0 spiro atoms. The highest BCUT2D eigenvalue weighted by atomic mass is 16.5. The molecule has 4 nitrogen and oxygen atoms in total. The number of carboxylic acids is 1. The van der Waals surface area contributed by atoms with Crippen molar-refractivity contribution in [2.75, 3.05) is 6.61 Å². The van der Waals surface area contributed by atoms with Crippen LogP contribution < -0.4 is 0 Å². The molecule has 4 heteroatoms. The number of rotatable bonds is 7. The summed E-state index contributed by atoms with van der Waals surface area (Å²) < 4.78 is 5.85. The van der Waals surface area contributed by atoms with Crippen LogP contribution in [0.3, 0.4) is 0 Å². The lowest BCUT2D eigenvalue weighted by Gasteiger charge is -2.56. The smallest absolute Gasteiger partial charge is 0.309 e. The molecule has 0 amide bonds. The van der Waals surface area contributed by atoms with Crippen LogP contribution in [0.4, 0.5) is 0 Å². The van der Waals surface area contributed by atoms with Crippen LogP contribution in [-0.4, -0.2) is 23.7 Å². The Bertz CT molecular complexity index is 555. The third-order valence-electron chi connectivity index (χ3n) is 8.84. The van der Waals surface area contributed by atoms with Gasteiger partial charge in [0.1, 0.15) is 0 Å². The number of carbonyl (C=O) groups is 2. The van der Waals surface area contributed by atoms with Crippen molar-refractivity contribution >= 4 is 11.9 Å². The summed E-state index contributed by atoms with van der Waals surface area (Å²) in [5.41, 5.74) is 0.327. The largest absolute Gasteiger partial charge is 0.481 e. The number of carbonyl (C=O) groups excluding carboxylic acids is 1. The zero-order valence-corrected chi connectivity index (χ0v) is 18.9. The Morgan fingerprint density at radius 3 is 2.36 bits per heavy atom. The zero-order valence-electron chi connectivity index (χ0n) is 18.9. The van der Waals surface area contributed by atoms with E-state index in [-0.39, 0.29) is 22.7 Å². The van der Waals surface area contributed by atoms with Crippen LogP contribution in [0, 0.1) is 40.4 Å². The average molecular weight is 395 g/mol. The van der Waals surface area contributed by atoms with E-state index in [0.29, 0.717) is 24.9 Å². The summed E-state index contributed by atoms with van der Waals surface area (Å²) >= 11 is 0. The summed E-state index contributed by atoms with van der Waals surface area (Å²) in [5, 5.41) is 9.62. The molecule has 0 radical (unpaired) electrons. The van der Waals surface area contributed by atoms with Crippen molar-refractivity contribution in [1.82, 2.24) is 0 Å². The van der Waals surface area contributed by atoms with E-state index in [4.69, 9.17) is 4.74 Å². The Labute approximate surface area is 171 Å². The van der Waals surface area contributed by atoms with Crippen molar-refractivity contribution in [2.24, 2.45) is 40.4 Å². The molecule has 0 heterocycles. The van der Waals surface area contributed by atoms with Crippen LogP contribution in [0.5, 0.6) is 0 Å². The van der Waals surface area contributed by atoms with Gasteiger partial charge >= 0.3 is 11.9 Å². The van der Waals surface area contributed by atoms with Crippen molar-refractivity contribution in [3.05, 3.63) is 0 Å². The maximum atomic E-state index is 12.9. The third-order valence-corrected chi connectivity index (χ3v) is 8.84. The van der Waals surface area contributed by atoms with Crippen LogP contribution in [0.2, 0.25) is 0 Å². The fourth-order valence-electron chi connectivity index (χ4n) is 5.94. The molecular formula is C24H42O4. The van der Waals surface area contributed by atoms with Crippen LogP contribution in [0.25, 0.3) is 0 Å². The predicted octanol–water partition coefficient (Wildman–Crippen LogP) is 5.94. The first-order chi connectivity index (χ1) is 13.1. The molecule has 0 aromatic carbocycles. The van der Waals surface area contributed by atoms with Gasteiger partial charge < -0.3 is 9.84 Å². The number of unbranched alkanes of at least 4 members (excludes halogenated alkanes) is 1. The minimum atomic E-state index is -0.852. The van der Waals surface area contributed by atoms with Gasteiger partial charge in [0, 0.05) is 0 Å². The minimum absolute atomic E-state index is 0.0353. The Hall–Kier alpha value is -1.06. The molecule has 2 saturated carbocycles. The molecule has 2 aliphatic rings. The fourth-order valence-corrected chi connectivity index (χ4v) is 5.94. The zero-order chi connectivity index (χ0) is 21.1. The van der Waals surface area contributed by atoms with Crippen molar-refractivity contribution in [1.29, 1.82) is 0 Å². The molecule has 28 heavy (non-hydrogen) atoms. The number of esters is 1. The van der Waals surface area contributed by atoms with Gasteiger partial charge in [-0.1, -0.05) is 60.8 Å². The molecule has 2 rings (SSSR count). The van der Waals surface area contributed by atoms with E-state index < -0.39 is 17.8 Å². The number of hydrogen-bond acceptors (Lipinski definition) is 3. The number of aliphatic carboxylic acids is 1. The van der Waals surface area contributed by atoms with E-state index in [1.54, 1.807) is 0 Å². The monoisotopic (exact) mass is 394 g/mol. The van der Waals surface area contributed by atoms with Gasteiger partial charge in [-0.05, 0) is 60.7 Å². The van der Waals surface area contributed by atoms with Crippen LogP contribution in [-0.2, 0) is 14.3 Å². The van der Waals surface area contributed by atoms with Crippen molar-refractivity contribution in [3.63, 3.8) is 0 Å². The van der Waals surface area contributed by atoms with E-state index in [2.05, 4.69) is 34.6 Å². The van der Waals surface area contributed by atoms with Crippen LogP contribution in [0.1, 0.15) is 92.9 Å². The molecule has 6 unspecified atom stereocenters. The highest BCUT2D eigenvalue weighted by Crippen LogP contribution is 2.58. The van der Waals surface area contributed by atoms with Gasteiger partial charge in [0.15, 0.2) is 0 Å². The Morgan fingerprint density at radius 1 is 1.07 bits per heavy atom. The van der Waals surface area contributed by atoms with E-state index in [1.165, 1.54) is 12.8 Å². The highest BCUT2D eigenvalue weighted by molar-refractivity contribution is 5.81. The normalized spacial score (nSPS) is 38.0. The second kappa shape index (κ2) is 9.17. The SMILES string of the molecule is CCCCC1(C)C(COC(=O)C2CCCC(C)C2C(=O)O)CCC(C)C1(C)C. The lowest BCUT2D eigenvalue weighted by molar-refractivity contribution is -0.167. The van der Waals surface area contributed by atoms with Gasteiger partial charge in [-0.15, -0.1) is 0 Å². The molecule has 0 aliphatic heterocycles. The average Bonchev–Trinajstić information content (AvgIpc) is 2.63. The van der Waals surface area contributed by atoms with Gasteiger partial charge in [-0.2, -0.15) is 0 Å². The molecular weight excluding hydrogens is 352 g/mol. The second-order valence-corrected chi connectivity index (χ2v) is 10.4. The molecule has 2 aliphatic carbocycles. The number of hydrogen-bond donors (Lipinski definition) is 1. The first kappa shape index (κ1) is 23.2. The van der Waals surface area contributed by atoms with Gasteiger partial charge in [0.25, 0.3) is 0 Å². The number of ether oxygens (including phenoxy) is 1. The lowest BCUT2D eigenvalue weighted by Crippen LogP contribution is -2.51. The first-order valence-corrected chi connectivity index (χ1v) is 11.5.